The number of carbonyl (C=O) groups excluding carboxylic acids is 1. The molecule has 8 nitrogen and oxygen atoms in total. The van der Waals surface area contributed by atoms with E-state index in [1.807, 2.05) is 24.3 Å². The summed E-state index contributed by atoms with van der Waals surface area (Å²) in [7, 11) is 0. The van der Waals surface area contributed by atoms with Gasteiger partial charge in [0.2, 0.25) is 5.91 Å². The van der Waals surface area contributed by atoms with Gasteiger partial charge in [-0.3, -0.25) is 19.7 Å². The van der Waals surface area contributed by atoms with Gasteiger partial charge in [-0.1, -0.05) is 13.8 Å². The molecule has 3 N–H and O–H groups in total. The van der Waals surface area contributed by atoms with Crippen molar-refractivity contribution in [1.82, 2.24) is 20.2 Å². The molecule has 2 atom stereocenters. The molecule has 1 aromatic carbocycles. The second kappa shape index (κ2) is 6.56. The number of H-pyrrole nitrogens is 1. The monoisotopic (exact) mass is 377 g/mol. The maximum Gasteiger partial charge on any atom is 0.307 e. The third-order valence-electron chi connectivity index (χ3n) is 5.21. The van der Waals surface area contributed by atoms with Crippen LogP contribution in [0, 0.1) is 17.3 Å². The second-order valence-corrected chi connectivity index (χ2v) is 7.43. The lowest BCUT2D eigenvalue weighted by atomic mass is 10.1. The summed E-state index contributed by atoms with van der Waals surface area (Å²) in [6, 6.07) is 10.8. The summed E-state index contributed by atoms with van der Waals surface area (Å²) in [5, 5.41) is 19.1. The number of pyridine rings is 1. The van der Waals surface area contributed by atoms with Gasteiger partial charge in [0.1, 0.15) is 0 Å². The molecular formula is C20H19N5O3. The number of aromatic nitrogens is 4. The first-order valence-electron chi connectivity index (χ1n) is 8.85. The van der Waals surface area contributed by atoms with E-state index in [2.05, 4.69) is 25.5 Å². The normalized spacial score (nSPS) is 19.8. The van der Waals surface area contributed by atoms with Crippen molar-refractivity contribution in [3.63, 3.8) is 0 Å². The van der Waals surface area contributed by atoms with Crippen LogP contribution in [0.4, 0.5) is 5.69 Å². The van der Waals surface area contributed by atoms with Crippen LogP contribution in [0.5, 0.6) is 0 Å². The molecule has 2 heterocycles. The van der Waals surface area contributed by atoms with Crippen LogP contribution in [0.2, 0.25) is 0 Å². The Labute approximate surface area is 161 Å². The molecule has 1 aliphatic rings. The van der Waals surface area contributed by atoms with Crippen LogP contribution >= 0.6 is 0 Å². The molecule has 0 saturated heterocycles. The number of aliphatic carboxylic acids is 1. The van der Waals surface area contributed by atoms with E-state index in [0.717, 1.165) is 11.1 Å². The van der Waals surface area contributed by atoms with Crippen LogP contribution in [0.25, 0.3) is 22.8 Å². The zero-order valence-corrected chi connectivity index (χ0v) is 15.4. The highest BCUT2D eigenvalue weighted by atomic mass is 16.4. The molecule has 1 fully saturated rings. The average molecular weight is 377 g/mol. The molecular weight excluding hydrogens is 358 g/mol. The Morgan fingerprint density at radius 1 is 1.11 bits per heavy atom. The van der Waals surface area contributed by atoms with Crippen molar-refractivity contribution in [2.45, 2.75) is 13.8 Å². The lowest BCUT2D eigenvalue weighted by Crippen LogP contribution is -2.17. The summed E-state index contributed by atoms with van der Waals surface area (Å²) >= 11 is 0. The number of aromatic amines is 1. The first kappa shape index (κ1) is 17.8. The molecule has 1 saturated carbocycles. The highest BCUT2D eigenvalue weighted by Crippen LogP contribution is 2.58. The summed E-state index contributed by atoms with van der Waals surface area (Å²) in [6.45, 7) is 3.59. The third kappa shape index (κ3) is 3.13. The van der Waals surface area contributed by atoms with Crippen molar-refractivity contribution in [2.24, 2.45) is 17.3 Å². The number of carbonyl (C=O) groups is 2. The summed E-state index contributed by atoms with van der Waals surface area (Å²) < 4.78 is 0. The van der Waals surface area contributed by atoms with E-state index in [0.29, 0.717) is 17.3 Å². The van der Waals surface area contributed by atoms with E-state index in [1.54, 1.807) is 38.4 Å². The molecule has 28 heavy (non-hydrogen) atoms. The summed E-state index contributed by atoms with van der Waals surface area (Å²) in [4.78, 5) is 32.2. The van der Waals surface area contributed by atoms with Gasteiger partial charge in [0.05, 0.1) is 11.8 Å². The number of nitrogens with zero attached hydrogens (tertiary/aromatic N) is 3. The maximum absolute atomic E-state index is 12.4. The van der Waals surface area contributed by atoms with Gasteiger partial charge in [0.15, 0.2) is 11.6 Å². The number of anilines is 1. The zero-order valence-electron chi connectivity index (χ0n) is 15.4. The molecule has 0 aliphatic heterocycles. The quantitative estimate of drug-likeness (QED) is 0.629. The Morgan fingerprint density at radius 2 is 1.86 bits per heavy atom. The second-order valence-electron chi connectivity index (χ2n) is 7.43. The molecule has 1 aliphatic carbocycles. The van der Waals surface area contributed by atoms with Gasteiger partial charge in [-0.15, -0.1) is 0 Å². The Kier molecular flexibility index (Phi) is 4.18. The van der Waals surface area contributed by atoms with Crippen molar-refractivity contribution < 1.29 is 14.7 Å². The number of benzene rings is 1. The van der Waals surface area contributed by atoms with Crippen molar-refractivity contribution in [2.75, 3.05) is 5.32 Å². The summed E-state index contributed by atoms with van der Waals surface area (Å²) in [5.74, 6) is -1.23. The Hall–Kier alpha value is -3.55. The van der Waals surface area contributed by atoms with Gasteiger partial charge < -0.3 is 10.4 Å². The summed E-state index contributed by atoms with van der Waals surface area (Å²) in [5.41, 5.74) is 1.70. The van der Waals surface area contributed by atoms with Crippen LogP contribution in [0.15, 0.2) is 48.8 Å². The molecule has 142 valence electrons. The largest absolute Gasteiger partial charge is 0.481 e. The highest BCUT2D eigenvalue weighted by Gasteiger charge is 2.65. The fourth-order valence-electron chi connectivity index (χ4n) is 3.53. The van der Waals surface area contributed by atoms with Gasteiger partial charge in [-0.05, 0) is 41.8 Å². The van der Waals surface area contributed by atoms with E-state index in [9.17, 15) is 14.7 Å². The molecule has 8 heteroatoms. The molecule has 3 aromatic rings. The SMILES string of the molecule is CC1(C)[C@H](C(=O)O)[C@@H]1C(=O)Nc1ccc(-c2nc(-c3cccnc3)n[nH]2)cc1. The van der Waals surface area contributed by atoms with E-state index in [4.69, 9.17) is 0 Å². The summed E-state index contributed by atoms with van der Waals surface area (Å²) in [6.07, 6.45) is 3.38. The van der Waals surface area contributed by atoms with Gasteiger partial charge in [0, 0.05) is 29.2 Å². The minimum atomic E-state index is -0.935. The van der Waals surface area contributed by atoms with Crippen LogP contribution < -0.4 is 5.32 Å². The van der Waals surface area contributed by atoms with Crippen LogP contribution in [0.3, 0.4) is 0 Å². The Bertz CT molecular complexity index is 1030. The highest BCUT2D eigenvalue weighted by molar-refractivity contribution is 5.99. The molecule has 0 unspecified atom stereocenters. The fourth-order valence-corrected chi connectivity index (χ4v) is 3.53. The van der Waals surface area contributed by atoms with E-state index >= 15 is 0 Å². The van der Waals surface area contributed by atoms with E-state index < -0.39 is 23.2 Å². The third-order valence-corrected chi connectivity index (χ3v) is 5.21. The predicted molar refractivity (Wildman–Crippen MR) is 102 cm³/mol. The first-order valence-corrected chi connectivity index (χ1v) is 8.85. The Balaban J connectivity index is 1.46. The van der Waals surface area contributed by atoms with Gasteiger partial charge in [-0.25, -0.2) is 4.98 Å². The topological polar surface area (TPSA) is 121 Å². The van der Waals surface area contributed by atoms with Crippen LogP contribution in [0.1, 0.15) is 13.8 Å². The van der Waals surface area contributed by atoms with Gasteiger partial charge in [-0.2, -0.15) is 5.10 Å². The van der Waals surface area contributed by atoms with Crippen molar-refractivity contribution in [1.29, 1.82) is 0 Å². The lowest BCUT2D eigenvalue weighted by molar-refractivity contribution is -0.140. The van der Waals surface area contributed by atoms with Gasteiger partial charge in [0.25, 0.3) is 0 Å². The molecule has 2 aromatic heterocycles. The molecule has 0 spiro atoms. The number of hydrogen-bond donors (Lipinski definition) is 3. The number of carboxylic acid groups (broad SMARTS) is 1. The first-order chi connectivity index (χ1) is 13.4. The number of amides is 1. The molecule has 4 rings (SSSR count). The average Bonchev–Trinajstić information content (AvgIpc) is 3.03. The standard InChI is InChI=1S/C20H19N5O3/c1-20(2)14(15(20)19(27)28)18(26)22-13-7-5-11(6-8-13)16-23-17(25-24-16)12-4-3-9-21-10-12/h3-10,14-15H,1-2H3,(H,22,26)(H,27,28)(H,23,24,25)/t14-,15+/m1/s1. The zero-order chi connectivity index (χ0) is 19.9. The number of carboxylic acids is 1. The van der Waals surface area contributed by atoms with Crippen LogP contribution in [-0.4, -0.2) is 37.1 Å². The van der Waals surface area contributed by atoms with E-state index in [-0.39, 0.29) is 5.91 Å². The van der Waals surface area contributed by atoms with Gasteiger partial charge >= 0.3 is 5.97 Å². The Morgan fingerprint density at radius 3 is 2.46 bits per heavy atom. The van der Waals surface area contributed by atoms with Crippen molar-refractivity contribution >= 4 is 17.6 Å². The minimum Gasteiger partial charge on any atom is -0.481 e. The molecule has 0 bridgehead atoms. The number of rotatable bonds is 5. The lowest BCUT2D eigenvalue weighted by Gasteiger charge is -2.06. The number of nitrogens with one attached hydrogen (secondary N) is 2. The number of hydrogen-bond acceptors (Lipinski definition) is 5. The molecule has 0 radical (unpaired) electrons. The fraction of sp³-hybridized carbons (Fsp3) is 0.250. The van der Waals surface area contributed by atoms with Crippen molar-refractivity contribution in [3.8, 4) is 22.8 Å². The molecule has 1 amide bonds. The van der Waals surface area contributed by atoms with Crippen molar-refractivity contribution in [3.05, 3.63) is 48.8 Å². The van der Waals surface area contributed by atoms with E-state index in [1.165, 1.54) is 0 Å². The van der Waals surface area contributed by atoms with Crippen LogP contribution in [-0.2, 0) is 9.59 Å². The minimum absolute atomic E-state index is 0.274. The predicted octanol–water partition coefficient (Wildman–Crippen LogP) is 2.83. The smallest absolute Gasteiger partial charge is 0.307 e. The maximum atomic E-state index is 12.4.